The van der Waals surface area contributed by atoms with E-state index < -0.39 is 11.7 Å². The molecule has 0 amide bonds. The van der Waals surface area contributed by atoms with E-state index in [1.54, 1.807) is 0 Å². The van der Waals surface area contributed by atoms with Crippen LogP contribution in [0.2, 0.25) is 0 Å². The van der Waals surface area contributed by atoms with Gasteiger partial charge in [0.15, 0.2) is 0 Å². The molecule has 0 fully saturated rings. The molecule has 0 atom stereocenters. The standard InChI is InChI=1S/C25H22F3NS/c1-18(29-24(30)22-14-16-23(17-15-22)25(26,27)28)6-5-7-19-10-12-21(13-11-19)20-8-3-2-4-9-20/h2-4,6,8-17H,5,7H2,1H3,(H,29,30)/b18-6+. The van der Waals surface area contributed by atoms with E-state index in [1.807, 2.05) is 31.2 Å². The Balaban J connectivity index is 1.52. The maximum Gasteiger partial charge on any atom is 0.416 e. The lowest BCUT2D eigenvalue weighted by Gasteiger charge is -2.11. The summed E-state index contributed by atoms with van der Waals surface area (Å²) in [7, 11) is 0. The predicted molar refractivity (Wildman–Crippen MR) is 120 cm³/mol. The molecule has 0 saturated carbocycles. The minimum Gasteiger partial charge on any atom is -0.350 e. The molecule has 154 valence electrons. The number of hydrogen-bond donors (Lipinski definition) is 1. The van der Waals surface area contributed by atoms with Gasteiger partial charge in [-0.15, -0.1) is 0 Å². The fraction of sp³-hybridized carbons (Fsp3) is 0.160. The van der Waals surface area contributed by atoms with Crippen LogP contribution in [0.5, 0.6) is 0 Å². The molecule has 3 aromatic rings. The largest absolute Gasteiger partial charge is 0.416 e. The molecule has 0 unspecified atom stereocenters. The van der Waals surface area contributed by atoms with Crippen LogP contribution in [0.4, 0.5) is 13.2 Å². The zero-order valence-corrected chi connectivity index (χ0v) is 17.4. The highest BCUT2D eigenvalue weighted by Gasteiger charge is 2.30. The fourth-order valence-corrected chi connectivity index (χ4v) is 3.36. The first kappa shape index (κ1) is 21.8. The lowest BCUT2D eigenvalue weighted by molar-refractivity contribution is -0.137. The van der Waals surface area contributed by atoms with Crippen LogP contribution >= 0.6 is 12.2 Å². The van der Waals surface area contributed by atoms with Crippen molar-refractivity contribution in [2.45, 2.75) is 25.9 Å². The molecular weight excluding hydrogens is 403 g/mol. The van der Waals surface area contributed by atoms with E-state index in [9.17, 15) is 13.2 Å². The van der Waals surface area contributed by atoms with Gasteiger partial charge in [0.25, 0.3) is 0 Å². The van der Waals surface area contributed by atoms with Crippen molar-refractivity contribution in [3.05, 3.63) is 107 Å². The third-order valence-electron chi connectivity index (χ3n) is 4.73. The van der Waals surface area contributed by atoms with Gasteiger partial charge in [-0.2, -0.15) is 13.2 Å². The van der Waals surface area contributed by atoms with Crippen molar-refractivity contribution < 1.29 is 13.2 Å². The first-order chi connectivity index (χ1) is 14.3. The van der Waals surface area contributed by atoms with E-state index in [-0.39, 0.29) is 0 Å². The first-order valence-electron chi connectivity index (χ1n) is 9.62. The number of halogens is 3. The Labute approximate surface area is 180 Å². The van der Waals surface area contributed by atoms with Crippen molar-refractivity contribution in [3.8, 4) is 11.1 Å². The summed E-state index contributed by atoms with van der Waals surface area (Å²) in [6.07, 6.45) is -0.579. The Hall–Kier alpha value is -2.92. The molecule has 0 aliphatic carbocycles. The lowest BCUT2D eigenvalue weighted by atomic mass is 10.0. The molecule has 5 heteroatoms. The highest BCUT2D eigenvalue weighted by molar-refractivity contribution is 7.80. The van der Waals surface area contributed by atoms with Gasteiger partial charge in [0.1, 0.15) is 4.99 Å². The highest BCUT2D eigenvalue weighted by atomic mass is 32.1. The zero-order chi connectivity index (χ0) is 21.6. The van der Waals surface area contributed by atoms with Gasteiger partial charge >= 0.3 is 6.18 Å². The second-order valence-corrected chi connectivity index (χ2v) is 7.43. The van der Waals surface area contributed by atoms with Gasteiger partial charge in [-0.25, -0.2) is 0 Å². The molecule has 0 saturated heterocycles. The smallest absolute Gasteiger partial charge is 0.350 e. The molecule has 0 spiro atoms. The van der Waals surface area contributed by atoms with Crippen molar-refractivity contribution in [2.24, 2.45) is 0 Å². The third-order valence-corrected chi connectivity index (χ3v) is 5.07. The number of alkyl halides is 3. The molecule has 1 nitrogen and oxygen atoms in total. The molecule has 1 N–H and O–H groups in total. The Morgan fingerprint density at radius 3 is 2.07 bits per heavy atom. The van der Waals surface area contributed by atoms with Crippen molar-refractivity contribution in [1.29, 1.82) is 0 Å². The Morgan fingerprint density at radius 1 is 0.867 bits per heavy atom. The molecule has 0 heterocycles. The second kappa shape index (κ2) is 9.72. The Bertz CT molecular complexity index is 1010. The van der Waals surface area contributed by atoms with Crippen LogP contribution in [-0.2, 0) is 12.6 Å². The van der Waals surface area contributed by atoms with Crippen LogP contribution in [0.1, 0.15) is 30.0 Å². The zero-order valence-electron chi connectivity index (χ0n) is 16.5. The van der Waals surface area contributed by atoms with E-state index in [4.69, 9.17) is 12.2 Å². The summed E-state index contributed by atoms with van der Waals surface area (Å²) in [5.41, 5.74) is 4.38. The molecule has 3 aromatic carbocycles. The van der Waals surface area contributed by atoms with Crippen LogP contribution in [0, 0.1) is 0 Å². The van der Waals surface area contributed by atoms with Crippen molar-refractivity contribution >= 4 is 17.2 Å². The van der Waals surface area contributed by atoms with Crippen molar-refractivity contribution in [1.82, 2.24) is 5.32 Å². The van der Waals surface area contributed by atoms with Gasteiger partial charge in [-0.1, -0.05) is 85.0 Å². The van der Waals surface area contributed by atoms with Gasteiger partial charge < -0.3 is 5.32 Å². The maximum atomic E-state index is 12.7. The summed E-state index contributed by atoms with van der Waals surface area (Å²) in [5.74, 6) is 0. The molecule has 0 aliphatic heterocycles. The summed E-state index contributed by atoms with van der Waals surface area (Å²) in [4.78, 5) is 0.407. The predicted octanol–water partition coefficient (Wildman–Crippen LogP) is 7.17. The van der Waals surface area contributed by atoms with Crippen LogP contribution < -0.4 is 5.32 Å². The van der Waals surface area contributed by atoms with Gasteiger partial charge in [-0.3, -0.25) is 0 Å². The SMILES string of the molecule is C/C(=C\CCc1ccc(-c2ccccc2)cc1)NC(=S)c1ccc(C(F)(F)F)cc1. The Morgan fingerprint density at radius 2 is 1.47 bits per heavy atom. The monoisotopic (exact) mass is 425 g/mol. The normalized spacial score (nSPS) is 11.9. The minimum atomic E-state index is -4.34. The molecule has 0 aliphatic rings. The van der Waals surface area contributed by atoms with E-state index >= 15 is 0 Å². The summed E-state index contributed by atoms with van der Waals surface area (Å²) in [6.45, 7) is 1.90. The molecule has 0 bridgehead atoms. The summed E-state index contributed by atoms with van der Waals surface area (Å²) < 4.78 is 38.0. The quantitative estimate of drug-likeness (QED) is 0.420. The third kappa shape index (κ3) is 6.04. The fourth-order valence-electron chi connectivity index (χ4n) is 3.06. The number of allylic oxidation sites excluding steroid dienone is 2. The maximum absolute atomic E-state index is 12.7. The van der Waals surface area contributed by atoms with Crippen LogP contribution in [0.15, 0.2) is 90.6 Å². The number of thiocarbonyl (C=S) groups is 1. The molecule has 0 aromatic heterocycles. The van der Waals surface area contributed by atoms with Gasteiger partial charge in [0, 0.05) is 11.3 Å². The van der Waals surface area contributed by atoms with Crippen LogP contribution in [-0.4, -0.2) is 4.99 Å². The Kier molecular flexibility index (Phi) is 7.06. The van der Waals surface area contributed by atoms with Gasteiger partial charge in [0.05, 0.1) is 5.56 Å². The molecule has 30 heavy (non-hydrogen) atoms. The number of rotatable bonds is 6. The van der Waals surface area contributed by atoms with Crippen LogP contribution in [0.25, 0.3) is 11.1 Å². The van der Waals surface area contributed by atoms with Gasteiger partial charge in [0.2, 0.25) is 0 Å². The second-order valence-electron chi connectivity index (χ2n) is 7.02. The molecule has 3 rings (SSSR count). The first-order valence-corrected chi connectivity index (χ1v) is 10.0. The molecular formula is C25H22F3NS. The summed E-state index contributed by atoms with van der Waals surface area (Å²) in [6, 6.07) is 23.6. The lowest BCUT2D eigenvalue weighted by Crippen LogP contribution is -2.20. The number of hydrogen-bond acceptors (Lipinski definition) is 1. The number of aryl methyl sites for hydroxylation is 1. The van der Waals surface area contributed by atoms with E-state index in [0.29, 0.717) is 10.6 Å². The summed E-state index contributed by atoms with van der Waals surface area (Å²) in [5, 5.41) is 3.08. The van der Waals surface area contributed by atoms with E-state index in [1.165, 1.54) is 28.8 Å². The van der Waals surface area contributed by atoms with Gasteiger partial charge in [-0.05, 0) is 48.6 Å². The number of benzene rings is 3. The van der Waals surface area contributed by atoms with Crippen LogP contribution in [0.3, 0.4) is 0 Å². The van der Waals surface area contributed by atoms with E-state index in [0.717, 1.165) is 30.7 Å². The van der Waals surface area contributed by atoms with Crippen molar-refractivity contribution in [3.63, 3.8) is 0 Å². The number of nitrogens with one attached hydrogen (secondary N) is 1. The minimum absolute atomic E-state index is 0.407. The average Bonchev–Trinajstić information content (AvgIpc) is 2.74. The average molecular weight is 426 g/mol. The van der Waals surface area contributed by atoms with E-state index in [2.05, 4.69) is 41.7 Å². The summed E-state index contributed by atoms with van der Waals surface area (Å²) >= 11 is 5.30. The van der Waals surface area contributed by atoms with Crippen molar-refractivity contribution in [2.75, 3.05) is 0 Å². The highest BCUT2D eigenvalue weighted by Crippen LogP contribution is 2.29. The topological polar surface area (TPSA) is 12.0 Å². The molecule has 0 radical (unpaired) electrons.